The quantitative estimate of drug-likeness (QED) is 0.924. The number of nitrogens with zero attached hydrogens (tertiary/aromatic N) is 5. The molecule has 0 radical (unpaired) electrons. The predicted molar refractivity (Wildman–Crippen MR) is 83.2 cm³/mol. The number of carbonyl (C=O) groups excluding carboxylic acids is 1. The molecule has 22 heavy (non-hydrogen) atoms. The lowest BCUT2D eigenvalue weighted by atomic mass is 10.1. The minimum atomic E-state index is -0.0398. The van der Waals surface area contributed by atoms with Gasteiger partial charge >= 0.3 is 6.03 Å². The third-order valence-corrected chi connectivity index (χ3v) is 4.24. The van der Waals surface area contributed by atoms with Gasteiger partial charge in [-0.2, -0.15) is 5.10 Å². The van der Waals surface area contributed by atoms with Crippen LogP contribution in [0.5, 0.6) is 0 Å². The van der Waals surface area contributed by atoms with Crippen LogP contribution in [0, 0.1) is 6.92 Å². The largest absolute Gasteiger partial charge is 0.367 e. The number of carbonyl (C=O) groups is 1. The molecule has 7 nitrogen and oxygen atoms in total. The van der Waals surface area contributed by atoms with E-state index in [4.69, 9.17) is 0 Å². The Morgan fingerprint density at radius 1 is 1.32 bits per heavy atom. The number of urea groups is 1. The van der Waals surface area contributed by atoms with E-state index in [-0.39, 0.29) is 6.03 Å². The zero-order valence-electron chi connectivity index (χ0n) is 12.4. The molecule has 0 aliphatic carbocycles. The van der Waals surface area contributed by atoms with E-state index in [1.54, 1.807) is 11.1 Å². The van der Waals surface area contributed by atoms with Crippen LogP contribution in [-0.2, 0) is 0 Å². The summed E-state index contributed by atoms with van der Waals surface area (Å²) < 4.78 is 1.96. The van der Waals surface area contributed by atoms with Crippen molar-refractivity contribution in [2.24, 2.45) is 0 Å². The van der Waals surface area contributed by atoms with Crippen LogP contribution in [0.4, 0.5) is 16.2 Å². The van der Waals surface area contributed by atoms with E-state index < -0.39 is 0 Å². The van der Waals surface area contributed by atoms with Crippen molar-refractivity contribution in [1.29, 1.82) is 0 Å². The third kappa shape index (κ3) is 2.18. The molecule has 2 aromatic heterocycles. The molecule has 7 heteroatoms. The van der Waals surface area contributed by atoms with Gasteiger partial charge in [0, 0.05) is 50.0 Å². The fourth-order valence-electron chi connectivity index (χ4n) is 2.95. The number of anilines is 2. The fraction of sp³-hybridized carbons (Fsp3) is 0.400. The molecule has 0 aromatic carbocycles. The van der Waals surface area contributed by atoms with Crippen LogP contribution in [0.1, 0.15) is 11.7 Å². The first kappa shape index (κ1) is 13.1. The van der Waals surface area contributed by atoms with Crippen LogP contribution >= 0.6 is 0 Å². The van der Waals surface area contributed by atoms with Crippen molar-refractivity contribution in [2.45, 2.75) is 13.0 Å². The van der Waals surface area contributed by atoms with Crippen molar-refractivity contribution in [2.75, 3.05) is 36.0 Å². The summed E-state index contributed by atoms with van der Waals surface area (Å²) >= 11 is 0. The molecule has 0 spiro atoms. The summed E-state index contributed by atoms with van der Waals surface area (Å²) in [5.41, 5.74) is 3.10. The maximum absolute atomic E-state index is 11.7. The highest BCUT2D eigenvalue weighted by Gasteiger charge is 2.30. The number of nitrogens with one attached hydrogen (secondary N) is 1. The smallest absolute Gasteiger partial charge is 0.322 e. The summed E-state index contributed by atoms with van der Waals surface area (Å²) in [5, 5.41) is 7.22. The lowest BCUT2D eigenvalue weighted by Gasteiger charge is -2.41. The fourth-order valence-corrected chi connectivity index (χ4v) is 2.95. The molecule has 2 aromatic rings. The summed E-state index contributed by atoms with van der Waals surface area (Å²) in [6.07, 6.45) is 5.57. The number of hydrogen-bond donors (Lipinski definition) is 1. The molecule has 2 amide bonds. The molecule has 2 aliphatic heterocycles. The zero-order chi connectivity index (χ0) is 15.1. The van der Waals surface area contributed by atoms with Gasteiger partial charge in [-0.3, -0.25) is 14.6 Å². The standard InChI is InChI=1S/C15H18N6O/c1-11-6-12(2-3-16-11)19-8-14(9-19)21-10-13(7-18-21)20-5-4-17-15(20)22/h2-3,6-7,10,14H,4-5,8-9H2,1H3,(H,17,22). The molecule has 0 bridgehead atoms. The van der Waals surface area contributed by atoms with E-state index >= 15 is 0 Å². The highest BCUT2D eigenvalue weighted by molar-refractivity contribution is 5.93. The van der Waals surface area contributed by atoms with Gasteiger partial charge in [0.05, 0.1) is 17.9 Å². The minimum absolute atomic E-state index is 0.0398. The second-order valence-corrected chi connectivity index (χ2v) is 5.78. The highest BCUT2D eigenvalue weighted by Crippen LogP contribution is 2.28. The van der Waals surface area contributed by atoms with Gasteiger partial charge < -0.3 is 10.2 Å². The number of rotatable bonds is 3. The molecule has 1 N–H and O–H groups in total. The average molecular weight is 298 g/mol. The topological polar surface area (TPSA) is 66.3 Å². The van der Waals surface area contributed by atoms with E-state index in [1.165, 1.54) is 5.69 Å². The second kappa shape index (κ2) is 5.01. The molecule has 0 atom stereocenters. The van der Waals surface area contributed by atoms with E-state index in [0.717, 1.165) is 24.5 Å². The minimum Gasteiger partial charge on any atom is -0.367 e. The molecular weight excluding hydrogens is 280 g/mol. The van der Waals surface area contributed by atoms with Crippen molar-refractivity contribution in [1.82, 2.24) is 20.1 Å². The van der Waals surface area contributed by atoms with Crippen molar-refractivity contribution in [3.05, 3.63) is 36.4 Å². The molecule has 2 fully saturated rings. The SMILES string of the molecule is Cc1cc(N2CC(n3cc(N4CCNC4=O)cn3)C2)ccn1. The van der Waals surface area contributed by atoms with Crippen LogP contribution < -0.4 is 15.1 Å². The van der Waals surface area contributed by atoms with Crippen molar-refractivity contribution in [3.63, 3.8) is 0 Å². The number of aromatic nitrogens is 3. The Morgan fingerprint density at radius 2 is 2.18 bits per heavy atom. The normalized spacial score (nSPS) is 18.5. The molecule has 4 heterocycles. The molecular formula is C15H18N6O. The highest BCUT2D eigenvalue weighted by atomic mass is 16.2. The number of pyridine rings is 1. The maximum atomic E-state index is 11.7. The van der Waals surface area contributed by atoms with E-state index in [2.05, 4.69) is 26.4 Å². The number of hydrogen-bond acceptors (Lipinski definition) is 4. The van der Waals surface area contributed by atoms with E-state index in [1.807, 2.05) is 30.1 Å². The molecule has 0 unspecified atom stereocenters. The van der Waals surface area contributed by atoms with Crippen molar-refractivity contribution in [3.8, 4) is 0 Å². The van der Waals surface area contributed by atoms with Crippen LogP contribution in [0.2, 0.25) is 0 Å². The first-order valence-electron chi connectivity index (χ1n) is 7.48. The molecule has 4 rings (SSSR count). The summed E-state index contributed by atoms with van der Waals surface area (Å²) in [6, 6.07) is 4.45. The van der Waals surface area contributed by atoms with Gasteiger partial charge in [0.2, 0.25) is 0 Å². The monoisotopic (exact) mass is 298 g/mol. The summed E-state index contributed by atoms with van der Waals surface area (Å²) in [7, 11) is 0. The molecule has 114 valence electrons. The van der Waals surface area contributed by atoms with Crippen LogP contribution in [0.15, 0.2) is 30.7 Å². The maximum Gasteiger partial charge on any atom is 0.322 e. The van der Waals surface area contributed by atoms with Gasteiger partial charge in [0.1, 0.15) is 0 Å². The van der Waals surface area contributed by atoms with Crippen molar-refractivity contribution < 1.29 is 4.79 Å². The van der Waals surface area contributed by atoms with Crippen LogP contribution in [0.3, 0.4) is 0 Å². The Hall–Kier alpha value is -2.57. The lowest BCUT2D eigenvalue weighted by Crippen LogP contribution is -2.48. The zero-order valence-corrected chi connectivity index (χ0v) is 12.4. The molecule has 0 saturated carbocycles. The van der Waals surface area contributed by atoms with Gasteiger partial charge in [-0.25, -0.2) is 4.79 Å². The number of amides is 2. The Labute approximate surface area is 128 Å². The number of aryl methyl sites for hydroxylation is 1. The average Bonchev–Trinajstić information content (AvgIpc) is 3.06. The Morgan fingerprint density at radius 3 is 2.91 bits per heavy atom. The summed E-state index contributed by atoms with van der Waals surface area (Å²) in [4.78, 5) is 19.9. The Kier molecular flexibility index (Phi) is 2.99. The summed E-state index contributed by atoms with van der Waals surface area (Å²) in [5.74, 6) is 0. The molecule has 2 aliphatic rings. The van der Waals surface area contributed by atoms with Gasteiger partial charge in [0.25, 0.3) is 0 Å². The van der Waals surface area contributed by atoms with E-state index in [9.17, 15) is 4.79 Å². The molecule has 2 saturated heterocycles. The van der Waals surface area contributed by atoms with E-state index in [0.29, 0.717) is 19.1 Å². The van der Waals surface area contributed by atoms with Gasteiger partial charge in [-0.05, 0) is 19.1 Å². The lowest BCUT2D eigenvalue weighted by molar-refractivity contribution is 0.252. The van der Waals surface area contributed by atoms with Crippen LogP contribution in [-0.4, -0.2) is 47.0 Å². The van der Waals surface area contributed by atoms with Crippen molar-refractivity contribution >= 4 is 17.4 Å². The first-order valence-corrected chi connectivity index (χ1v) is 7.48. The summed E-state index contributed by atoms with van der Waals surface area (Å²) in [6.45, 7) is 5.26. The third-order valence-electron chi connectivity index (χ3n) is 4.24. The predicted octanol–water partition coefficient (Wildman–Crippen LogP) is 1.18. The van der Waals surface area contributed by atoms with Gasteiger partial charge in [-0.1, -0.05) is 0 Å². The van der Waals surface area contributed by atoms with Crippen LogP contribution in [0.25, 0.3) is 0 Å². The Balaban J connectivity index is 1.43. The Bertz CT molecular complexity index is 706. The first-order chi connectivity index (χ1) is 10.7. The second-order valence-electron chi connectivity index (χ2n) is 5.78. The van der Waals surface area contributed by atoms with Gasteiger partial charge in [0.15, 0.2) is 0 Å². The van der Waals surface area contributed by atoms with Gasteiger partial charge in [-0.15, -0.1) is 0 Å².